The smallest absolute Gasteiger partial charge is 0.255 e. The van der Waals surface area contributed by atoms with Crippen molar-refractivity contribution >= 4 is 17.5 Å². The molecule has 3 aromatic rings. The van der Waals surface area contributed by atoms with E-state index in [1.807, 2.05) is 50.2 Å². The number of aryl methyl sites for hydroxylation is 2. The van der Waals surface area contributed by atoms with E-state index >= 15 is 0 Å². The number of amides is 2. The predicted molar refractivity (Wildman–Crippen MR) is 115 cm³/mol. The van der Waals surface area contributed by atoms with E-state index in [2.05, 4.69) is 5.32 Å². The first-order chi connectivity index (χ1) is 14.4. The Kier molecular flexibility index (Phi) is 5.36. The molecule has 2 amide bonds. The second kappa shape index (κ2) is 8.11. The van der Waals surface area contributed by atoms with Gasteiger partial charge in [-0.15, -0.1) is 0 Å². The molecular formula is C25H23FN2O2. The Morgan fingerprint density at radius 2 is 1.80 bits per heavy atom. The Hall–Kier alpha value is -3.47. The Morgan fingerprint density at radius 1 is 1.07 bits per heavy atom. The number of hydrogen-bond acceptors (Lipinski definition) is 2. The number of nitrogens with one attached hydrogen (secondary N) is 1. The van der Waals surface area contributed by atoms with Crippen molar-refractivity contribution in [3.05, 3.63) is 100 Å². The lowest BCUT2D eigenvalue weighted by molar-refractivity contribution is -0.117. The molecule has 0 spiro atoms. The quantitative estimate of drug-likeness (QED) is 0.640. The summed E-state index contributed by atoms with van der Waals surface area (Å²) in [6, 6.07) is 18.8. The summed E-state index contributed by atoms with van der Waals surface area (Å²) in [5.74, 6) is -0.658. The van der Waals surface area contributed by atoms with E-state index in [0.29, 0.717) is 12.1 Å². The molecule has 1 N–H and O–H groups in total. The van der Waals surface area contributed by atoms with Crippen molar-refractivity contribution in [2.24, 2.45) is 0 Å². The van der Waals surface area contributed by atoms with E-state index in [1.165, 1.54) is 12.1 Å². The first-order valence-corrected chi connectivity index (χ1v) is 9.94. The average Bonchev–Trinajstić information content (AvgIpc) is 3.06. The number of carbonyl (C=O) groups is 2. The van der Waals surface area contributed by atoms with Gasteiger partial charge in [0, 0.05) is 17.8 Å². The molecule has 0 aliphatic carbocycles. The molecule has 1 aliphatic rings. The van der Waals surface area contributed by atoms with Crippen LogP contribution in [0.4, 0.5) is 10.1 Å². The topological polar surface area (TPSA) is 49.4 Å². The van der Waals surface area contributed by atoms with Gasteiger partial charge in [-0.2, -0.15) is 0 Å². The van der Waals surface area contributed by atoms with Crippen molar-refractivity contribution in [3.8, 4) is 0 Å². The van der Waals surface area contributed by atoms with Crippen molar-refractivity contribution in [2.75, 3.05) is 5.32 Å². The molecule has 0 bridgehead atoms. The van der Waals surface area contributed by atoms with E-state index in [-0.39, 0.29) is 24.1 Å². The van der Waals surface area contributed by atoms with Crippen molar-refractivity contribution in [2.45, 2.75) is 32.9 Å². The summed E-state index contributed by atoms with van der Waals surface area (Å²) in [5, 5.41) is 2.97. The number of benzene rings is 3. The van der Waals surface area contributed by atoms with Crippen LogP contribution in [0.5, 0.6) is 0 Å². The lowest BCUT2D eigenvalue weighted by Crippen LogP contribution is -2.32. The maximum absolute atomic E-state index is 13.5. The largest absolute Gasteiger partial charge is 0.327 e. The molecule has 1 atom stereocenters. The summed E-state index contributed by atoms with van der Waals surface area (Å²) in [6.45, 7) is 4.33. The number of rotatable bonds is 5. The number of anilines is 1. The number of carbonyl (C=O) groups excluding carboxylic acids is 2. The van der Waals surface area contributed by atoms with Gasteiger partial charge in [-0.05, 0) is 60.4 Å². The van der Waals surface area contributed by atoms with E-state index in [4.69, 9.17) is 0 Å². The van der Waals surface area contributed by atoms with Gasteiger partial charge in [0.1, 0.15) is 5.82 Å². The molecule has 30 heavy (non-hydrogen) atoms. The lowest BCUT2D eigenvalue weighted by atomic mass is 10.0. The lowest BCUT2D eigenvalue weighted by Gasteiger charge is -2.28. The summed E-state index contributed by atoms with van der Waals surface area (Å²) in [7, 11) is 0. The Balaban J connectivity index is 1.61. The molecule has 152 valence electrons. The zero-order valence-electron chi connectivity index (χ0n) is 17.0. The van der Waals surface area contributed by atoms with Crippen LogP contribution in [0.15, 0.2) is 66.7 Å². The van der Waals surface area contributed by atoms with Gasteiger partial charge in [-0.3, -0.25) is 9.59 Å². The van der Waals surface area contributed by atoms with E-state index in [0.717, 1.165) is 27.9 Å². The first kappa shape index (κ1) is 19.8. The van der Waals surface area contributed by atoms with Gasteiger partial charge in [0.25, 0.3) is 5.91 Å². The molecule has 0 aromatic heterocycles. The monoisotopic (exact) mass is 402 g/mol. The highest BCUT2D eigenvalue weighted by molar-refractivity contribution is 5.99. The third-order valence-electron chi connectivity index (χ3n) is 5.53. The molecule has 0 unspecified atom stereocenters. The van der Waals surface area contributed by atoms with Crippen LogP contribution in [0.3, 0.4) is 0 Å². The first-order valence-electron chi connectivity index (χ1n) is 9.94. The fraction of sp³-hybridized carbons (Fsp3) is 0.200. The Morgan fingerprint density at radius 3 is 2.53 bits per heavy atom. The number of hydrogen-bond donors (Lipinski definition) is 1. The van der Waals surface area contributed by atoms with Crippen LogP contribution >= 0.6 is 0 Å². The Labute approximate surface area is 175 Å². The van der Waals surface area contributed by atoms with Crippen LogP contribution in [0, 0.1) is 19.7 Å². The maximum atomic E-state index is 13.5. The molecule has 1 aliphatic heterocycles. The molecule has 0 saturated carbocycles. The van der Waals surface area contributed by atoms with Crippen molar-refractivity contribution in [1.29, 1.82) is 0 Å². The minimum atomic E-state index is -0.490. The number of fused-ring (bicyclic) bond motifs is 1. The third-order valence-corrected chi connectivity index (χ3v) is 5.53. The zero-order chi connectivity index (χ0) is 21.3. The molecular weight excluding hydrogens is 379 g/mol. The van der Waals surface area contributed by atoms with Gasteiger partial charge in [0.2, 0.25) is 5.91 Å². The summed E-state index contributed by atoms with van der Waals surface area (Å²) in [6.07, 6.45) is 0.0821. The van der Waals surface area contributed by atoms with E-state index < -0.39 is 6.04 Å². The molecule has 4 nitrogen and oxygen atoms in total. The van der Waals surface area contributed by atoms with Crippen LogP contribution in [-0.2, 0) is 11.3 Å². The van der Waals surface area contributed by atoms with E-state index in [9.17, 15) is 14.0 Å². The standard InChI is InChI=1S/C25H23FN2O2/c1-16-7-8-17(2)22(13-16)27-24(29)14-23(18-9-11-20(26)12-10-18)28-15-19-5-3-4-6-21(19)25(28)30/h3-13,23H,14-15H2,1-2H3,(H,27,29)/t23-/m1/s1. The SMILES string of the molecule is Cc1ccc(C)c(NC(=O)C[C@H](c2ccc(F)cc2)N2Cc3ccccc3C2=O)c1. The fourth-order valence-electron chi connectivity index (χ4n) is 3.87. The summed E-state index contributed by atoms with van der Waals surface area (Å²) < 4.78 is 13.5. The number of nitrogens with zero attached hydrogens (tertiary/aromatic N) is 1. The molecule has 4 rings (SSSR count). The van der Waals surface area contributed by atoms with Crippen LogP contribution in [0.25, 0.3) is 0 Å². The van der Waals surface area contributed by atoms with Crippen molar-refractivity contribution < 1.29 is 14.0 Å². The minimum Gasteiger partial charge on any atom is -0.327 e. The van der Waals surface area contributed by atoms with Crippen molar-refractivity contribution in [3.63, 3.8) is 0 Å². The predicted octanol–water partition coefficient (Wildman–Crippen LogP) is 5.17. The maximum Gasteiger partial charge on any atom is 0.255 e. The van der Waals surface area contributed by atoms with Crippen LogP contribution < -0.4 is 5.32 Å². The highest BCUT2D eigenvalue weighted by atomic mass is 19.1. The van der Waals surface area contributed by atoms with Crippen molar-refractivity contribution in [1.82, 2.24) is 4.90 Å². The normalized spacial score (nSPS) is 13.8. The second-order valence-corrected chi connectivity index (χ2v) is 7.73. The van der Waals surface area contributed by atoms with Gasteiger partial charge in [0.15, 0.2) is 0 Å². The highest BCUT2D eigenvalue weighted by Crippen LogP contribution is 2.34. The van der Waals surface area contributed by atoms with E-state index in [1.54, 1.807) is 23.1 Å². The van der Waals surface area contributed by atoms with Gasteiger partial charge in [0.05, 0.1) is 12.5 Å². The summed E-state index contributed by atoms with van der Waals surface area (Å²) >= 11 is 0. The molecule has 5 heteroatoms. The molecule has 0 saturated heterocycles. The third kappa shape index (κ3) is 3.96. The fourth-order valence-corrected chi connectivity index (χ4v) is 3.87. The average molecular weight is 402 g/mol. The molecule has 3 aromatic carbocycles. The number of halogens is 1. The molecule has 0 fully saturated rings. The zero-order valence-corrected chi connectivity index (χ0v) is 17.0. The molecule has 0 radical (unpaired) electrons. The highest BCUT2D eigenvalue weighted by Gasteiger charge is 2.34. The minimum absolute atomic E-state index is 0.0821. The van der Waals surface area contributed by atoms with Gasteiger partial charge in [-0.25, -0.2) is 4.39 Å². The molecule has 1 heterocycles. The van der Waals surface area contributed by atoms with Crippen LogP contribution in [0.1, 0.15) is 45.1 Å². The van der Waals surface area contributed by atoms with Crippen LogP contribution in [-0.4, -0.2) is 16.7 Å². The van der Waals surface area contributed by atoms with Gasteiger partial charge >= 0.3 is 0 Å². The summed E-state index contributed by atoms with van der Waals surface area (Å²) in [5.41, 5.74) is 5.10. The van der Waals surface area contributed by atoms with Gasteiger partial charge < -0.3 is 10.2 Å². The summed E-state index contributed by atoms with van der Waals surface area (Å²) in [4.78, 5) is 27.7. The Bertz CT molecular complexity index is 1110. The second-order valence-electron chi connectivity index (χ2n) is 7.73. The van der Waals surface area contributed by atoms with Gasteiger partial charge in [-0.1, -0.05) is 42.5 Å². The van der Waals surface area contributed by atoms with Crippen LogP contribution in [0.2, 0.25) is 0 Å².